The molecule has 1 aromatic heterocycles. The van der Waals surface area contributed by atoms with Crippen LogP contribution in [0.1, 0.15) is 24.4 Å². The van der Waals surface area contributed by atoms with Crippen LogP contribution in [0.5, 0.6) is 0 Å². The first kappa shape index (κ1) is 17.7. The van der Waals surface area contributed by atoms with Gasteiger partial charge in [-0.1, -0.05) is 0 Å². The van der Waals surface area contributed by atoms with Gasteiger partial charge in [0, 0.05) is 5.75 Å². The number of halogens is 3. The van der Waals surface area contributed by atoms with Gasteiger partial charge in [0.05, 0.1) is 12.5 Å². The van der Waals surface area contributed by atoms with Crippen LogP contribution in [0.25, 0.3) is 0 Å². The average molecular weight is 348 g/mol. The summed E-state index contributed by atoms with van der Waals surface area (Å²) in [6.07, 6.45) is -6.01. The van der Waals surface area contributed by atoms with Crippen LogP contribution in [0.3, 0.4) is 0 Å². The standard InChI is InChI=1S/C14H15F3N2O3S/c1-9-2-3-10(22-9)13(21,14(15,16)17)6-11(20)19-12(7-18)4-5-23-8-12/h2-3,21H,4-6,8H2,1H3,(H,19,20). The number of aryl methyl sites for hydroxylation is 1. The van der Waals surface area contributed by atoms with Crippen molar-refractivity contribution in [1.82, 2.24) is 5.32 Å². The van der Waals surface area contributed by atoms with Crippen molar-refractivity contribution < 1.29 is 27.5 Å². The summed E-state index contributed by atoms with van der Waals surface area (Å²) in [6.45, 7) is 1.43. The maximum atomic E-state index is 13.3. The van der Waals surface area contributed by atoms with Crippen molar-refractivity contribution in [2.45, 2.75) is 37.1 Å². The Bertz CT molecular complexity index is 632. The van der Waals surface area contributed by atoms with Crippen LogP contribution in [0.15, 0.2) is 16.5 Å². The molecule has 1 amide bonds. The molecule has 0 aromatic carbocycles. The van der Waals surface area contributed by atoms with Crippen molar-refractivity contribution in [3.63, 3.8) is 0 Å². The molecule has 1 aliphatic rings. The van der Waals surface area contributed by atoms with Crippen LogP contribution in [-0.4, -0.2) is 34.2 Å². The lowest BCUT2D eigenvalue weighted by molar-refractivity contribution is -0.273. The maximum Gasteiger partial charge on any atom is 0.425 e. The van der Waals surface area contributed by atoms with Crippen molar-refractivity contribution in [2.24, 2.45) is 0 Å². The predicted octanol–water partition coefficient (Wildman–Crippen LogP) is 2.24. The molecule has 0 bridgehead atoms. The summed E-state index contributed by atoms with van der Waals surface area (Å²) in [5.74, 6) is -0.676. The Labute approximate surface area is 134 Å². The van der Waals surface area contributed by atoms with E-state index < -0.39 is 35.4 Å². The summed E-state index contributed by atoms with van der Waals surface area (Å²) in [6, 6.07) is 4.20. The van der Waals surface area contributed by atoms with E-state index in [0.717, 1.165) is 6.07 Å². The fraction of sp³-hybridized carbons (Fsp3) is 0.571. The second kappa shape index (κ2) is 6.09. The van der Waals surface area contributed by atoms with Gasteiger partial charge in [-0.2, -0.15) is 30.2 Å². The van der Waals surface area contributed by atoms with Crippen LogP contribution in [-0.2, 0) is 10.4 Å². The average Bonchev–Trinajstić information content (AvgIpc) is 3.07. The lowest BCUT2D eigenvalue weighted by atomic mass is 9.93. The van der Waals surface area contributed by atoms with E-state index in [0.29, 0.717) is 17.9 Å². The Hall–Kier alpha value is -1.66. The van der Waals surface area contributed by atoms with Crippen LogP contribution >= 0.6 is 11.8 Å². The molecule has 1 aromatic rings. The molecule has 1 saturated heterocycles. The van der Waals surface area contributed by atoms with Gasteiger partial charge in [0.1, 0.15) is 17.1 Å². The van der Waals surface area contributed by atoms with Gasteiger partial charge in [0.15, 0.2) is 0 Å². The van der Waals surface area contributed by atoms with E-state index in [2.05, 4.69) is 5.32 Å². The smallest absolute Gasteiger partial charge is 0.425 e. The largest absolute Gasteiger partial charge is 0.463 e. The van der Waals surface area contributed by atoms with E-state index in [1.54, 1.807) is 0 Å². The quantitative estimate of drug-likeness (QED) is 0.871. The van der Waals surface area contributed by atoms with E-state index in [4.69, 9.17) is 9.68 Å². The molecule has 0 aliphatic carbocycles. The van der Waals surface area contributed by atoms with Crippen molar-refractivity contribution in [3.05, 3.63) is 23.7 Å². The number of nitriles is 1. The molecule has 9 heteroatoms. The number of hydrogen-bond donors (Lipinski definition) is 2. The molecule has 2 unspecified atom stereocenters. The number of amides is 1. The molecule has 2 atom stereocenters. The third kappa shape index (κ3) is 3.48. The molecule has 0 spiro atoms. The van der Waals surface area contributed by atoms with Crippen molar-refractivity contribution in [1.29, 1.82) is 5.26 Å². The Balaban J connectivity index is 2.22. The van der Waals surface area contributed by atoms with E-state index in [1.807, 2.05) is 6.07 Å². The number of thioether (sulfide) groups is 1. The van der Waals surface area contributed by atoms with Gasteiger partial charge in [0.25, 0.3) is 0 Å². The third-order valence-electron chi connectivity index (χ3n) is 3.65. The second-order valence-corrected chi connectivity index (χ2v) is 6.59. The number of furan rings is 1. The SMILES string of the molecule is Cc1ccc(C(O)(CC(=O)NC2(C#N)CCSC2)C(F)(F)F)o1. The number of nitrogens with zero attached hydrogens (tertiary/aromatic N) is 1. The minimum Gasteiger partial charge on any atom is -0.463 e. The van der Waals surface area contributed by atoms with Gasteiger partial charge >= 0.3 is 6.18 Å². The first-order valence-corrected chi connectivity index (χ1v) is 7.93. The normalized spacial score (nSPS) is 24.0. The Kier molecular flexibility index (Phi) is 4.69. The zero-order valence-electron chi connectivity index (χ0n) is 12.2. The molecular weight excluding hydrogens is 333 g/mol. The molecule has 2 heterocycles. The fourth-order valence-corrected chi connectivity index (χ4v) is 3.57. The second-order valence-electron chi connectivity index (χ2n) is 5.49. The minimum absolute atomic E-state index is 0.184. The first-order valence-electron chi connectivity index (χ1n) is 6.78. The van der Waals surface area contributed by atoms with Crippen LogP contribution in [0.4, 0.5) is 13.2 Å². The first-order chi connectivity index (χ1) is 10.6. The number of hydrogen-bond acceptors (Lipinski definition) is 5. The van der Waals surface area contributed by atoms with Gasteiger partial charge < -0.3 is 14.8 Å². The number of rotatable bonds is 4. The van der Waals surface area contributed by atoms with Crippen molar-refractivity contribution >= 4 is 17.7 Å². The lowest BCUT2D eigenvalue weighted by Crippen LogP contribution is -2.52. The highest BCUT2D eigenvalue weighted by Gasteiger charge is 2.58. The molecular formula is C14H15F3N2O3S. The van der Waals surface area contributed by atoms with Crippen molar-refractivity contribution in [3.8, 4) is 6.07 Å². The number of aliphatic hydroxyl groups is 1. The monoisotopic (exact) mass is 348 g/mol. The minimum atomic E-state index is -5.10. The highest BCUT2D eigenvalue weighted by atomic mass is 32.2. The molecule has 1 aliphatic heterocycles. The summed E-state index contributed by atoms with van der Waals surface area (Å²) in [5.41, 5.74) is -4.62. The van der Waals surface area contributed by atoms with Gasteiger partial charge in [-0.05, 0) is 31.2 Å². The van der Waals surface area contributed by atoms with E-state index in [9.17, 15) is 23.1 Å². The number of carbonyl (C=O) groups excluding carboxylic acids is 1. The number of alkyl halides is 3. The highest BCUT2D eigenvalue weighted by molar-refractivity contribution is 7.99. The molecule has 0 radical (unpaired) electrons. The molecule has 0 saturated carbocycles. The summed E-state index contributed by atoms with van der Waals surface area (Å²) in [5, 5.41) is 21.6. The third-order valence-corrected chi connectivity index (χ3v) is 4.84. The summed E-state index contributed by atoms with van der Waals surface area (Å²) in [7, 11) is 0. The molecule has 5 nitrogen and oxygen atoms in total. The fourth-order valence-electron chi connectivity index (χ4n) is 2.31. The lowest BCUT2D eigenvalue weighted by Gasteiger charge is -2.29. The summed E-state index contributed by atoms with van der Waals surface area (Å²) < 4.78 is 44.8. The van der Waals surface area contributed by atoms with E-state index in [1.165, 1.54) is 24.8 Å². The summed E-state index contributed by atoms with van der Waals surface area (Å²) >= 11 is 1.43. The van der Waals surface area contributed by atoms with Crippen molar-refractivity contribution in [2.75, 3.05) is 11.5 Å². The molecule has 1 fully saturated rings. The summed E-state index contributed by atoms with van der Waals surface area (Å²) in [4.78, 5) is 12.0. The van der Waals surface area contributed by atoms with Crippen LogP contribution < -0.4 is 5.32 Å². The molecule has 23 heavy (non-hydrogen) atoms. The van der Waals surface area contributed by atoms with Gasteiger partial charge in [-0.25, -0.2) is 0 Å². The van der Waals surface area contributed by atoms with E-state index >= 15 is 0 Å². The highest BCUT2D eigenvalue weighted by Crippen LogP contribution is 2.42. The maximum absolute atomic E-state index is 13.3. The van der Waals surface area contributed by atoms with Gasteiger partial charge in [-0.15, -0.1) is 0 Å². The Morgan fingerprint density at radius 3 is 2.70 bits per heavy atom. The van der Waals surface area contributed by atoms with Gasteiger partial charge in [0.2, 0.25) is 11.5 Å². The predicted molar refractivity (Wildman–Crippen MR) is 76.4 cm³/mol. The Morgan fingerprint density at radius 1 is 1.57 bits per heavy atom. The number of carbonyl (C=O) groups is 1. The molecule has 126 valence electrons. The van der Waals surface area contributed by atoms with Gasteiger partial charge in [-0.3, -0.25) is 4.79 Å². The zero-order valence-corrected chi connectivity index (χ0v) is 13.1. The number of nitrogens with one attached hydrogen (secondary N) is 1. The topological polar surface area (TPSA) is 86.3 Å². The molecule has 2 rings (SSSR count). The van der Waals surface area contributed by atoms with Crippen LogP contribution in [0, 0.1) is 18.3 Å². The van der Waals surface area contributed by atoms with Crippen LogP contribution in [0.2, 0.25) is 0 Å². The van der Waals surface area contributed by atoms with E-state index in [-0.39, 0.29) is 5.76 Å². The molecule has 2 N–H and O–H groups in total. The Morgan fingerprint density at radius 2 is 2.26 bits per heavy atom. The zero-order chi connectivity index (χ0) is 17.3.